The summed E-state index contributed by atoms with van der Waals surface area (Å²) < 4.78 is 1.94. The minimum Gasteiger partial charge on any atom is -0.332 e. The van der Waals surface area contributed by atoms with Crippen molar-refractivity contribution in [3.8, 4) is 10.7 Å². The van der Waals surface area contributed by atoms with Crippen LogP contribution < -0.4 is 0 Å². The SMILES string of the molecule is Cn1cncc1-c1nc(CCl)cs1. The van der Waals surface area contributed by atoms with E-state index in [9.17, 15) is 0 Å². The minimum absolute atomic E-state index is 0.467. The monoisotopic (exact) mass is 213 g/mol. The molecular formula is C8H8ClN3S. The predicted molar refractivity (Wildman–Crippen MR) is 53.9 cm³/mol. The molecule has 3 nitrogen and oxygen atoms in total. The Labute approximate surface area is 85.0 Å². The Morgan fingerprint density at radius 3 is 3.00 bits per heavy atom. The summed E-state index contributed by atoms with van der Waals surface area (Å²) in [7, 11) is 1.95. The zero-order chi connectivity index (χ0) is 9.26. The number of rotatable bonds is 2. The van der Waals surface area contributed by atoms with Gasteiger partial charge in [0.2, 0.25) is 0 Å². The quantitative estimate of drug-likeness (QED) is 0.717. The van der Waals surface area contributed by atoms with Crippen molar-refractivity contribution < 1.29 is 0 Å². The summed E-state index contributed by atoms with van der Waals surface area (Å²) in [6.07, 6.45) is 3.56. The Hall–Kier alpha value is -0.870. The maximum atomic E-state index is 5.66. The van der Waals surface area contributed by atoms with E-state index in [1.807, 2.05) is 17.0 Å². The standard InChI is InChI=1S/C8H8ClN3S/c1-12-5-10-3-7(12)8-11-6(2-9)4-13-8/h3-5H,2H2,1H3. The van der Waals surface area contributed by atoms with Crippen LogP contribution in [0.3, 0.4) is 0 Å². The van der Waals surface area contributed by atoms with Crippen LogP contribution in [-0.2, 0) is 12.9 Å². The van der Waals surface area contributed by atoms with Crippen molar-refractivity contribution in [2.45, 2.75) is 5.88 Å². The average Bonchev–Trinajstić information content (AvgIpc) is 2.71. The minimum atomic E-state index is 0.467. The Balaban J connectivity index is 2.41. The van der Waals surface area contributed by atoms with Crippen LogP contribution in [0.5, 0.6) is 0 Å². The highest BCUT2D eigenvalue weighted by Gasteiger charge is 2.06. The van der Waals surface area contributed by atoms with Gasteiger partial charge in [-0.3, -0.25) is 0 Å². The number of thiazole rings is 1. The van der Waals surface area contributed by atoms with E-state index in [4.69, 9.17) is 11.6 Å². The van der Waals surface area contributed by atoms with Crippen molar-refractivity contribution in [3.63, 3.8) is 0 Å². The number of imidazole rings is 1. The van der Waals surface area contributed by atoms with E-state index >= 15 is 0 Å². The number of halogens is 1. The van der Waals surface area contributed by atoms with Gasteiger partial charge < -0.3 is 4.57 Å². The van der Waals surface area contributed by atoms with Crippen LogP contribution in [0.4, 0.5) is 0 Å². The molecule has 0 atom stereocenters. The third kappa shape index (κ3) is 1.59. The van der Waals surface area contributed by atoms with Gasteiger partial charge in [-0.1, -0.05) is 0 Å². The second kappa shape index (κ2) is 3.47. The lowest BCUT2D eigenvalue weighted by Crippen LogP contribution is -1.88. The largest absolute Gasteiger partial charge is 0.332 e. The normalized spacial score (nSPS) is 10.6. The van der Waals surface area contributed by atoms with Crippen LogP contribution in [-0.4, -0.2) is 14.5 Å². The fourth-order valence-electron chi connectivity index (χ4n) is 1.05. The van der Waals surface area contributed by atoms with Gasteiger partial charge in [0.1, 0.15) is 5.01 Å². The molecule has 0 aliphatic heterocycles. The molecule has 0 bridgehead atoms. The molecule has 2 rings (SSSR count). The Morgan fingerprint density at radius 2 is 2.46 bits per heavy atom. The molecule has 0 unspecified atom stereocenters. The van der Waals surface area contributed by atoms with Gasteiger partial charge in [0.25, 0.3) is 0 Å². The second-order valence-electron chi connectivity index (χ2n) is 2.67. The number of aromatic nitrogens is 3. The van der Waals surface area contributed by atoms with E-state index in [0.717, 1.165) is 16.4 Å². The third-order valence-corrected chi connectivity index (χ3v) is 2.91. The highest BCUT2D eigenvalue weighted by atomic mass is 35.5. The van der Waals surface area contributed by atoms with Gasteiger partial charge in [-0.2, -0.15) is 0 Å². The van der Waals surface area contributed by atoms with Gasteiger partial charge >= 0.3 is 0 Å². The van der Waals surface area contributed by atoms with Gasteiger partial charge in [-0.25, -0.2) is 9.97 Å². The zero-order valence-electron chi connectivity index (χ0n) is 7.07. The molecule has 0 aliphatic rings. The van der Waals surface area contributed by atoms with Crippen molar-refractivity contribution in [3.05, 3.63) is 23.6 Å². The van der Waals surface area contributed by atoms with Crippen molar-refractivity contribution in [1.29, 1.82) is 0 Å². The highest BCUT2D eigenvalue weighted by Crippen LogP contribution is 2.23. The van der Waals surface area contributed by atoms with E-state index in [1.165, 1.54) is 0 Å². The van der Waals surface area contributed by atoms with Gasteiger partial charge in [-0.15, -0.1) is 22.9 Å². The first-order chi connectivity index (χ1) is 6.31. The first-order valence-electron chi connectivity index (χ1n) is 3.78. The van der Waals surface area contributed by atoms with Gasteiger partial charge in [-0.05, 0) is 0 Å². The predicted octanol–water partition coefficient (Wildman–Crippen LogP) is 2.28. The zero-order valence-corrected chi connectivity index (χ0v) is 8.64. The highest BCUT2D eigenvalue weighted by molar-refractivity contribution is 7.13. The average molecular weight is 214 g/mol. The van der Waals surface area contributed by atoms with E-state index in [0.29, 0.717) is 5.88 Å². The topological polar surface area (TPSA) is 30.7 Å². The number of aryl methyl sites for hydroxylation is 1. The molecule has 0 saturated heterocycles. The molecule has 0 saturated carbocycles. The molecule has 0 N–H and O–H groups in total. The summed E-state index contributed by atoms with van der Waals surface area (Å²) >= 11 is 7.25. The summed E-state index contributed by atoms with van der Waals surface area (Å²) in [6.45, 7) is 0. The Bertz CT molecular complexity index is 407. The molecule has 2 aromatic heterocycles. The number of hydrogen-bond donors (Lipinski definition) is 0. The van der Waals surface area contributed by atoms with Crippen LogP contribution in [0.25, 0.3) is 10.7 Å². The second-order valence-corrected chi connectivity index (χ2v) is 3.79. The molecule has 0 spiro atoms. The molecule has 13 heavy (non-hydrogen) atoms. The lowest BCUT2D eigenvalue weighted by molar-refractivity contribution is 0.919. The summed E-state index contributed by atoms with van der Waals surface area (Å²) in [5.74, 6) is 0.467. The molecule has 0 aromatic carbocycles. The van der Waals surface area contributed by atoms with Crippen molar-refractivity contribution >= 4 is 22.9 Å². The van der Waals surface area contributed by atoms with Gasteiger partial charge in [0.15, 0.2) is 0 Å². The van der Waals surface area contributed by atoms with Crippen molar-refractivity contribution in [2.24, 2.45) is 7.05 Å². The van der Waals surface area contributed by atoms with Crippen LogP contribution in [0.15, 0.2) is 17.9 Å². The van der Waals surface area contributed by atoms with Crippen LogP contribution >= 0.6 is 22.9 Å². The molecule has 0 amide bonds. The molecule has 5 heteroatoms. The lowest BCUT2D eigenvalue weighted by Gasteiger charge is -1.95. The van der Waals surface area contributed by atoms with Crippen molar-refractivity contribution in [2.75, 3.05) is 0 Å². The van der Waals surface area contributed by atoms with Crippen molar-refractivity contribution in [1.82, 2.24) is 14.5 Å². The first kappa shape index (κ1) is 8.72. The molecule has 68 valence electrons. The summed E-state index contributed by atoms with van der Waals surface area (Å²) in [5.41, 5.74) is 1.95. The smallest absolute Gasteiger partial charge is 0.141 e. The van der Waals surface area contributed by atoms with Crippen LogP contribution in [0.2, 0.25) is 0 Å². The molecular weight excluding hydrogens is 206 g/mol. The van der Waals surface area contributed by atoms with E-state index in [2.05, 4.69) is 9.97 Å². The van der Waals surface area contributed by atoms with E-state index in [-0.39, 0.29) is 0 Å². The summed E-state index contributed by atoms with van der Waals surface area (Å²) in [6, 6.07) is 0. The molecule has 0 aliphatic carbocycles. The molecule has 2 heterocycles. The van der Waals surface area contributed by atoms with Gasteiger partial charge in [0.05, 0.1) is 29.8 Å². The number of hydrogen-bond acceptors (Lipinski definition) is 3. The molecule has 0 radical (unpaired) electrons. The van der Waals surface area contributed by atoms with Crippen LogP contribution in [0.1, 0.15) is 5.69 Å². The maximum Gasteiger partial charge on any atom is 0.141 e. The third-order valence-electron chi connectivity index (χ3n) is 1.72. The molecule has 2 aromatic rings. The molecule has 0 fully saturated rings. The van der Waals surface area contributed by atoms with E-state index in [1.54, 1.807) is 23.9 Å². The number of alkyl halides is 1. The lowest BCUT2D eigenvalue weighted by atomic mass is 10.5. The number of nitrogens with zero attached hydrogens (tertiary/aromatic N) is 3. The fraction of sp³-hybridized carbons (Fsp3) is 0.250. The van der Waals surface area contributed by atoms with E-state index < -0.39 is 0 Å². The summed E-state index contributed by atoms with van der Waals surface area (Å²) in [5, 5.41) is 2.94. The fourth-order valence-corrected chi connectivity index (χ4v) is 2.15. The Morgan fingerprint density at radius 1 is 1.62 bits per heavy atom. The van der Waals surface area contributed by atoms with Gasteiger partial charge in [0, 0.05) is 12.4 Å². The maximum absolute atomic E-state index is 5.66. The first-order valence-corrected chi connectivity index (χ1v) is 5.19. The van der Waals surface area contributed by atoms with Crippen LogP contribution in [0, 0.1) is 0 Å². The summed E-state index contributed by atoms with van der Waals surface area (Å²) in [4.78, 5) is 8.39. The Kier molecular flexibility index (Phi) is 2.33.